The maximum Gasteiger partial charge on any atom is 0.355 e. The van der Waals surface area contributed by atoms with Gasteiger partial charge in [0.05, 0.1) is 23.0 Å². The Kier molecular flexibility index (Phi) is 7.07. The second-order valence-electron chi connectivity index (χ2n) is 11.4. The summed E-state index contributed by atoms with van der Waals surface area (Å²) >= 11 is 0. The first-order valence-corrected chi connectivity index (χ1v) is 14.4. The standard InChI is InChI=1S/C30H34FN9O2/c1-6-24(41)37-15-19(5)38(16-18(37)4)28-21-13-22(31)26-23-14-33-36-39(23)12-8-7-9-20-10-11-32-25(17(2)3)27(20)40(29(21)34-26)30(42)35-28/h6,10-11,13-14,17-19H,1,7-9,12,15-16H2,2-5H3/t18-,19+/m1/s1. The van der Waals surface area contributed by atoms with E-state index < -0.39 is 11.5 Å². The minimum absolute atomic E-state index is 0.0105. The van der Waals surface area contributed by atoms with Crippen LogP contribution in [-0.4, -0.2) is 70.5 Å². The Morgan fingerprint density at radius 2 is 1.98 bits per heavy atom. The first-order chi connectivity index (χ1) is 20.2. The lowest BCUT2D eigenvalue weighted by Crippen LogP contribution is -2.58. The van der Waals surface area contributed by atoms with Crippen molar-refractivity contribution < 1.29 is 9.18 Å². The number of halogens is 1. The molecule has 2 atom stereocenters. The number of pyridine rings is 2. The molecule has 0 N–H and O–H groups in total. The van der Waals surface area contributed by atoms with E-state index in [1.54, 1.807) is 15.8 Å². The molecule has 2 aliphatic heterocycles. The van der Waals surface area contributed by atoms with E-state index >= 15 is 4.39 Å². The van der Waals surface area contributed by atoms with Crippen LogP contribution < -0.4 is 10.6 Å². The molecule has 2 aliphatic rings. The number of hydrogen-bond donors (Lipinski definition) is 0. The van der Waals surface area contributed by atoms with Gasteiger partial charge in [-0.05, 0) is 62.8 Å². The predicted molar refractivity (Wildman–Crippen MR) is 157 cm³/mol. The normalized spacial score (nSPS) is 18.9. The highest BCUT2D eigenvalue weighted by Gasteiger charge is 2.34. The monoisotopic (exact) mass is 571 g/mol. The molecule has 2 bridgehead atoms. The van der Waals surface area contributed by atoms with Crippen molar-refractivity contribution in [2.24, 2.45) is 0 Å². The molecule has 1 saturated heterocycles. The van der Waals surface area contributed by atoms with Gasteiger partial charge in [-0.1, -0.05) is 25.6 Å². The van der Waals surface area contributed by atoms with Gasteiger partial charge < -0.3 is 9.80 Å². The number of carbonyl (C=O) groups excluding carboxylic acids is 1. The average Bonchev–Trinajstić information content (AvgIpc) is 3.43. The fraction of sp³-hybridized carbons (Fsp3) is 0.433. The molecule has 0 radical (unpaired) electrons. The Hall–Kier alpha value is -4.48. The minimum Gasteiger partial charge on any atom is -0.349 e. The third kappa shape index (κ3) is 4.54. The van der Waals surface area contributed by atoms with Gasteiger partial charge in [0.1, 0.15) is 17.2 Å². The van der Waals surface area contributed by atoms with E-state index in [0.29, 0.717) is 48.6 Å². The van der Waals surface area contributed by atoms with Gasteiger partial charge in [-0.3, -0.25) is 9.78 Å². The van der Waals surface area contributed by atoms with Crippen LogP contribution in [0.4, 0.5) is 10.2 Å². The van der Waals surface area contributed by atoms with Crippen molar-refractivity contribution in [3.63, 3.8) is 0 Å². The Morgan fingerprint density at radius 1 is 1.17 bits per heavy atom. The lowest BCUT2D eigenvalue weighted by molar-refractivity contribution is -0.128. The zero-order valence-electron chi connectivity index (χ0n) is 24.3. The summed E-state index contributed by atoms with van der Waals surface area (Å²) in [7, 11) is 0. The van der Waals surface area contributed by atoms with Gasteiger partial charge >= 0.3 is 5.69 Å². The lowest BCUT2D eigenvalue weighted by atomic mass is 10.00. The Labute approximate surface area is 242 Å². The first-order valence-electron chi connectivity index (χ1n) is 14.4. The number of carbonyl (C=O) groups is 1. The highest BCUT2D eigenvalue weighted by molar-refractivity contribution is 5.91. The molecule has 4 aromatic rings. The number of fused-ring (bicyclic) bond motifs is 5. The molecule has 0 saturated carbocycles. The fourth-order valence-electron chi connectivity index (χ4n) is 6.13. The molecule has 0 aromatic carbocycles. The number of hydrogen-bond acceptors (Lipinski definition) is 8. The summed E-state index contributed by atoms with van der Waals surface area (Å²) in [6.07, 6.45) is 6.90. The average molecular weight is 572 g/mol. The van der Waals surface area contributed by atoms with Crippen LogP contribution in [0.15, 0.2) is 42.0 Å². The smallest absolute Gasteiger partial charge is 0.349 e. The zero-order chi connectivity index (χ0) is 29.7. The third-order valence-corrected chi connectivity index (χ3v) is 8.25. The van der Waals surface area contributed by atoms with Gasteiger partial charge in [-0.15, -0.1) is 5.10 Å². The number of aryl methyl sites for hydroxylation is 2. The van der Waals surface area contributed by atoms with E-state index in [4.69, 9.17) is 4.98 Å². The van der Waals surface area contributed by atoms with Crippen LogP contribution in [0, 0.1) is 5.82 Å². The van der Waals surface area contributed by atoms with Gasteiger partial charge in [0.2, 0.25) is 5.91 Å². The molecule has 1 fully saturated rings. The van der Waals surface area contributed by atoms with Crippen LogP contribution in [-0.2, 0) is 17.8 Å². The molecule has 11 nitrogen and oxygen atoms in total. The van der Waals surface area contributed by atoms with Crippen molar-refractivity contribution in [2.75, 3.05) is 18.0 Å². The van der Waals surface area contributed by atoms with E-state index in [9.17, 15) is 9.59 Å². The molecule has 42 heavy (non-hydrogen) atoms. The summed E-state index contributed by atoms with van der Waals surface area (Å²) in [5.41, 5.74) is 2.64. The second kappa shape index (κ2) is 10.7. The number of nitrogens with zero attached hydrogens (tertiary/aromatic N) is 9. The number of piperazine rings is 1. The number of amides is 1. The topological polar surface area (TPSA) is 115 Å². The molecule has 4 aromatic heterocycles. The second-order valence-corrected chi connectivity index (χ2v) is 11.4. The largest absolute Gasteiger partial charge is 0.355 e. The van der Waals surface area contributed by atoms with Gasteiger partial charge in [0.25, 0.3) is 0 Å². The van der Waals surface area contributed by atoms with E-state index in [1.165, 1.54) is 22.9 Å². The summed E-state index contributed by atoms with van der Waals surface area (Å²) in [6, 6.07) is 2.96. The van der Waals surface area contributed by atoms with Crippen molar-refractivity contribution >= 4 is 22.8 Å². The Balaban J connectivity index is 1.66. The van der Waals surface area contributed by atoms with Crippen LogP contribution >= 0.6 is 0 Å². The fourth-order valence-corrected chi connectivity index (χ4v) is 6.13. The van der Waals surface area contributed by atoms with Crippen LogP contribution in [0.3, 0.4) is 0 Å². The number of anilines is 1. The van der Waals surface area contributed by atoms with Gasteiger partial charge in [0, 0.05) is 37.9 Å². The number of rotatable bonds is 3. The van der Waals surface area contributed by atoms with Crippen molar-refractivity contribution in [1.82, 2.24) is 39.4 Å². The van der Waals surface area contributed by atoms with E-state index in [0.717, 1.165) is 24.1 Å². The molecule has 6 rings (SSSR count). The highest BCUT2D eigenvalue weighted by Crippen LogP contribution is 2.34. The van der Waals surface area contributed by atoms with Crippen LogP contribution in [0.2, 0.25) is 0 Å². The Morgan fingerprint density at radius 3 is 2.74 bits per heavy atom. The highest BCUT2D eigenvalue weighted by atomic mass is 19.1. The molecule has 0 aliphatic carbocycles. The van der Waals surface area contributed by atoms with Crippen LogP contribution in [0.1, 0.15) is 57.7 Å². The summed E-state index contributed by atoms with van der Waals surface area (Å²) in [5.74, 6) is -0.370. The van der Waals surface area contributed by atoms with Crippen molar-refractivity contribution in [3.8, 4) is 17.1 Å². The molecular weight excluding hydrogens is 537 g/mol. The molecular formula is C30H34FN9O2. The molecule has 0 unspecified atom stereocenters. The van der Waals surface area contributed by atoms with Gasteiger partial charge in [-0.25, -0.2) is 23.4 Å². The number of aromatic nitrogens is 7. The van der Waals surface area contributed by atoms with Crippen molar-refractivity contribution in [3.05, 3.63) is 64.7 Å². The summed E-state index contributed by atoms with van der Waals surface area (Å²) in [4.78, 5) is 44.4. The van der Waals surface area contributed by atoms with Crippen molar-refractivity contribution in [1.29, 1.82) is 0 Å². The van der Waals surface area contributed by atoms with Crippen molar-refractivity contribution in [2.45, 2.75) is 71.5 Å². The van der Waals surface area contributed by atoms with E-state index in [1.807, 2.05) is 38.7 Å². The zero-order valence-corrected chi connectivity index (χ0v) is 24.3. The minimum atomic E-state index is -0.562. The molecule has 1 amide bonds. The van der Waals surface area contributed by atoms with E-state index in [2.05, 4.69) is 26.9 Å². The van der Waals surface area contributed by atoms with E-state index in [-0.39, 0.29) is 35.2 Å². The summed E-state index contributed by atoms with van der Waals surface area (Å²) in [5, 5.41) is 8.62. The van der Waals surface area contributed by atoms with Gasteiger partial charge in [0.15, 0.2) is 11.5 Å². The SMILES string of the molecule is C=CC(=O)N1C[C@H](C)N(c2nc(=O)n3c4nc(c(F)cc24)-c2cnnn2CCCCc2ccnc(C(C)C)c2-3)C[C@H]1C. The van der Waals surface area contributed by atoms with Crippen LogP contribution in [0.5, 0.6) is 0 Å². The molecule has 6 heterocycles. The summed E-state index contributed by atoms with van der Waals surface area (Å²) < 4.78 is 19.2. The predicted octanol–water partition coefficient (Wildman–Crippen LogP) is 3.64. The first kappa shape index (κ1) is 27.7. The Bertz CT molecular complexity index is 1760. The molecule has 218 valence electrons. The lowest BCUT2D eigenvalue weighted by Gasteiger charge is -2.44. The third-order valence-electron chi connectivity index (χ3n) is 8.25. The van der Waals surface area contributed by atoms with Gasteiger partial charge in [-0.2, -0.15) is 4.98 Å². The van der Waals surface area contributed by atoms with Crippen LogP contribution in [0.25, 0.3) is 28.1 Å². The maximum atomic E-state index is 16.0. The molecule has 0 spiro atoms. The maximum absolute atomic E-state index is 16.0. The quantitative estimate of drug-likeness (QED) is 0.343. The summed E-state index contributed by atoms with van der Waals surface area (Å²) in [6.45, 7) is 12.9. The molecule has 12 heteroatoms.